The first-order valence-electron chi connectivity index (χ1n) is 12.4. The molecule has 0 aromatic heterocycles. The first kappa shape index (κ1) is 20.3. The summed E-state index contributed by atoms with van der Waals surface area (Å²) in [6, 6.07) is 47.2. The molecule has 2 aliphatic rings. The summed E-state index contributed by atoms with van der Waals surface area (Å²) < 4.78 is 1.10. The number of halogens is 1. The molecule has 1 heteroatoms. The van der Waals surface area contributed by atoms with Crippen LogP contribution in [0.4, 0.5) is 0 Å². The highest BCUT2D eigenvalue weighted by atomic mass is 79.9. The highest BCUT2D eigenvalue weighted by Crippen LogP contribution is 2.65. The van der Waals surface area contributed by atoms with Gasteiger partial charge in [-0.3, -0.25) is 0 Å². The zero-order valence-electron chi connectivity index (χ0n) is 19.5. The second kappa shape index (κ2) is 7.29. The summed E-state index contributed by atoms with van der Waals surface area (Å²) in [5, 5.41) is 2.63. The molecule has 1 unspecified atom stereocenters. The second-order valence-corrected chi connectivity index (χ2v) is 10.7. The van der Waals surface area contributed by atoms with Gasteiger partial charge in [0.05, 0.1) is 5.41 Å². The summed E-state index contributed by atoms with van der Waals surface area (Å²) in [6.45, 7) is 0. The zero-order chi connectivity index (χ0) is 23.9. The third-order valence-corrected chi connectivity index (χ3v) is 8.68. The van der Waals surface area contributed by atoms with E-state index in [1.165, 1.54) is 66.4 Å². The normalized spacial score (nSPS) is 16.6. The van der Waals surface area contributed by atoms with E-state index in [1.807, 2.05) is 0 Å². The molecule has 0 bridgehead atoms. The Bertz CT molecular complexity index is 1840. The van der Waals surface area contributed by atoms with Crippen molar-refractivity contribution in [2.24, 2.45) is 0 Å². The number of hydrogen-bond donors (Lipinski definition) is 0. The summed E-state index contributed by atoms with van der Waals surface area (Å²) >= 11 is 3.61. The van der Waals surface area contributed by atoms with Gasteiger partial charge in [-0.25, -0.2) is 0 Å². The number of benzene rings is 6. The molecule has 6 aromatic rings. The second-order valence-electron chi connectivity index (χ2n) is 9.79. The van der Waals surface area contributed by atoms with Gasteiger partial charge in [0, 0.05) is 4.47 Å². The van der Waals surface area contributed by atoms with E-state index >= 15 is 0 Å². The molecule has 0 heterocycles. The first-order chi connectivity index (χ1) is 17.8. The molecule has 0 N–H and O–H groups in total. The van der Waals surface area contributed by atoms with E-state index in [4.69, 9.17) is 0 Å². The van der Waals surface area contributed by atoms with E-state index < -0.39 is 0 Å². The van der Waals surface area contributed by atoms with Gasteiger partial charge in [0.1, 0.15) is 0 Å². The van der Waals surface area contributed by atoms with Gasteiger partial charge in [0.15, 0.2) is 0 Å². The fraction of sp³-hybridized carbons (Fsp3) is 0.0286. The Labute approximate surface area is 219 Å². The smallest absolute Gasteiger partial charge is 0.0619 e. The lowest BCUT2D eigenvalue weighted by atomic mass is 9.69. The third-order valence-electron chi connectivity index (χ3n) is 8.15. The molecule has 1 atom stereocenters. The highest BCUT2D eigenvalue weighted by Gasteiger charge is 2.52. The number of fused-ring (bicyclic) bond motifs is 12. The van der Waals surface area contributed by atoms with Crippen molar-refractivity contribution < 1.29 is 0 Å². The van der Waals surface area contributed by atoms with E-state index in [0.29, 0.717) is 0 Å². The molecular weight excluding hydrogens is 500 g/mol. The van der Waals surface area contributed by atoms with Crippen molar-refractivity contribution in [1.29, 1.82) is 0 Å². The van der Waals surface area contributed by atoms with Crippen LogP contribution in [0, 0.1) is 0 Å². The van der Waals surface area contributed by atoms with Crippen LogP contribution in [0.25, 0.3) is 44.2 Å². The van der Waals surface area contributed by atoms with Crippen LogP contribution < -0.4 is 0 Å². The molecule has 1 spiro atoms. The first-order valence-corrected chi connectivity index (χ1v) is 13.2. The van der Waals surface area contributed by atoms with Crippen molar-refractivity contribution in [1.82, 2.24) is 0 Å². The maximum Gasteiger partial charge on any atom is 0.0731 e. The highest BCUT2D eigenvalue weighted by molar-refractivity contribution is 9.10. The number of rotatable bonds is 1. The molecular formula is C35H21Br. The van der Waals surface area contributed by atoms with E-state index in [0.717, 1.165) is 4.47 Å². The predicted octanol–water partition coefficient (Wildman–Crippen LogP) is 9.61. The average Bonchev–Trinajstić information content (AvgIpc) is 3.41. The van der Waals surface area contributed by atoms with Crippen LogP contribution in [0.1, 0.15) is 22.3 Å². The predicted molar refractivity (Wildman–Crippen MR) is 153 cm³/mol. The van der Waals surface area contributed by atoms with Crippen molar-refractivity contribution in [2.75, 3.05) is 0 Å². The molecule has 8 rings (SSSR count). The Morgan fingerprint density at radius 2 is 1.08 bits per heavy atom. The van der Waals surface area contributed by atoms with Gasteiger partial charge in [0.25, 0.3) is 0 Å². The summed E-state index contributed by atoms with van der Waals surface area (Å²) in [7, 11) is 0. The molecule has 0 aliphatic heterocycles. The van der Waals surface area contributed by atoms with Crippen LogP contribution in [0.5, 0.6) is 0 Å². The van der Waals surface area contributed by atoms with Crippen molar-refractivity contribution in [3.05, 3.63) is 154 Å². The molecule has 0 fully saturated rings. The number of hydrogen-bond acceptors (Lipinski definition) is 0. The lowest BCUT2D eigenvalue weighted by Crippen LogP contribution is -2.26. The van der Waals surface area contributed by atoms with Crippen molar-refractivity contribution in [2.45, 2.75) is 5.41 Å². The Kier molecular flexibility index (Phi) is 4.10. The van der Waals surface area contributed by atoms with Gasteiger partial charge >= 0.3 is 0 Å². The molecule has 2 aliphatic carbocycles. The Morgan fingerprint density at radius 3 is 1.92 bits per heavy atom. The fourth-order valence-electron chi connectivity index (χ4n) is 6.84. The summed E-state index contributed by atoms with van der Waals surface area (Å²) in [4.78, 5) is 0. The van der Waals surface area contributed by atoms with Gasteiger partial charge < -0.3 is 0 Å². The lowest BCUT2D eigenvalue weighted by Gasteiger charge is -2.31. The monoisotopic (exact) mass is 520 g/mol. The molecule has 0 saturated heterocycles. The fourth-order valence-corrected chi connectivity index (χ4v) is 7.10. The van der Waals surface area contributed by atoms with E-state index in [-0.39, 0.29) is 5.41 Å². The third kappa shape index (κ3) is 2.44. The standard InChI is InChI=1S/C35H21Br/c36-24-19-16-23(17-20-24)25-12-7-15-32-33(25)29-11-4-6-14-31(29)35(32)30-13-5-3-10-27(30)28-21-18-22-8-1-2-9-26(22)34(28)35/h1-21H. The quantitative estimate of drug-likeness (QED) is 0.202. The average molecular weight is 521 g/mol. The van der Waals surface area contributed by atoms with E-state index in [2.05, 4.69) is 143 Å². The largest absolute Gasteiger partial charge is 0.0731 e. The molecule has 0 amide bonds. The van der Waals surface area contributed by atoms with Crippen LogP contribution >= 0.6 is 15.9 Å². The Hall–Kier alpha value is -3.94. The van der Waals surface area contributed by atoms with Crippen molar-refractivity contribution >= 4 is 26.7 Å². The zero-order valence-corrected chi connectivity index (χ0v) is 21.1. The maximum atomic E-state index is 3.61. The van der Waals surface area contributed by atoms with Gasteiger partial charge in [-0.2, -0.15) is 0 Å². The van der Waals surface area contributed by atoms with Gasteiger partial charge in [0.2, 0.25) is 0 Å². The minimum atomic E-state index is -0.343. The van der Waals surface area contributed by atoms with Gasteiger partial charge in [-0.15, -0.1) is 0 Å². The molecule has 168 valence electrons. The molecule has 0 saturated carbocycles. The Balaban J connectivity index is 1.59. The summed E-state index contributed by atoms with van der Waals surface area (Å²) in [5.74, 6) is 0. The van der Waals surface area contributed by atoms with E-state index in [9.17, 15) is 0 Å². The van der Waals surface area contributed by atoms with Crippen molar-refractivity contribution in [3.8, 4) is 33.4 Å². The van der Waals surface area contributed by atoms with Gasteiger partial charge in [-0.05, 0) is 78.5 Å². The summed E-state index contributed by atoms with van der Waals surface area (Å²) in [6.07, 6.45) is 0. The van der Waals surface area contributed by atoms with E-state index in [1.54, 1.807) is 0 Å². The van der Waals surface area contributed by atoms with Crippen molar-refractivity contribution in [3.63, 3.8) is 0 Å². The molecule has 0 radical (unpaired) electrons. The summed E-state index contributed by atoms with van der Waals surface area (Å²) in [5.41, 5.74) is 13.1. The maximum absolute atomic E-state index is 3.61. The van der Waals surface area contributed by atoms with Crippen LogP contribution in [-0.2, 0) is 5.41 Å². The Morgan fingerprint density at radius 1 is 0.444 bits per heavy atom. The SMILES string of the molecule is Brc1ccc(-c2cccc3c2-c2ccccc2C32c3ccccc3-c3ccc4ccccc4c32)cc1. The van der Waals surface area contributed by atoms with Crippen LogP contribution in [-0.4, -0.2) is 0 Å². The molecule has 36 heavy (non-hydrogen) atoms. The van der Waals surface area contributed by atoms with Crippen LogP contribution in [0.2, 0.25) is 0 Å². The van der Waals surface area contributed by atoms with Crippen LogP contribution in [0.3, 0.4) is 0 Å². The molecule has 6 aromatic carbocycles. The minimum Gasteiger partial charge on any atom is -0.0619 e. The lowest BCUT2D eigenvalue weighted by molar-refractivity contribution is 0.801. The molecule has 0 nitrogen and oxygen atoms in total. The minimum absolute atomic E-state index is 0.343. The van der Waals surface area contributed by atoms with Crippen LogP contribution in [0.15, 0.2) is 132 Å². The van der Waals surface area contributed by atoms with Gasteiger partial charge in [-0.1, -0.05) is 131 Å². The topological polar surface area (TPSA) is 0 Å².